The Labute approximate surface area is 91.6 Å². The summed E-state index contributed by atoms with van der Waals surface area (Å²) in [5, 5.41) is 0. The summed E-state index contributed by atoms with van der Waals surface area (Å²) in [6.45, 7) is 4.28. The Hall–Kier alpha value is -1.56. The summed E-state index contributed by atoms with van der Waals surface area (Å²) >= 11 is 0. The number of aryl methyl sites for hydroxylation is 2. The van der Waals surface area contributed by atoms with E-state index in [1.54, 1.807) is 0 Å². The summed E-state index contributed by atoms with van der Waals surface area (Å²) in [6, 6.07) is 17.0. The molecule has 0 bridgehead atoms. The van der Waals surface area contributed by atoms with Crippen LogP contribution in [0.25, 0.3) is 0 Å². The van der Waals surface area contributed by atoms with Gasteiger partial charge in [-0.05, 0) is 30.5 Å². The molecule has 0 spiro atoms. The van der Waals surface area contributed by atoms with E-state index in [4.69, 9.17) is 0 Å². The van der Waals surface area contributed by atoms with E-state index in [9.17, 15) is 0 Å². The largest absolute Gasteiger partial charge is 0.0622 e. The second kappa shape index (κ2) is 4.31. The van der Waals surface area contributed by atoms with E-state index in [2.05, 4.69) is 62.7 Å². The molecular weight excluding hydrogens is 180 g/mol. The maximum absolute atomic E-state index is 2.22. The van der Waals surface area contributed by atoms with Crippen molar-refractivity contribution in [1.82, 2.24) is 0 Å². The van der Waals surface area contributed by atoms with Crippen LogP contribution in [-0.2, 0) is 0 Å². The average Bonchev–Trinajstić information content (AvgIpc) is 2.24. The van der Waals surface area contributed by atoms with Crippen molar-refractivity contribution >= 4 is 0 Å². The highest BCUT2D eigenvalue weighted by atomic mass is 14.0. The third kappa shape index (κ3) is 2.47. The van der Waals surface area contributed by atoms with Gasteiger partial charge in [-0.1, -0.05) is 54.1 Å². The van der Waals surface area contributed by atoms with Crippen LogP contribution in [0.4, 0.5) is 0 Å². The number of hydrogen-bond donors (Lipinski definition) is 0. The van der Waals surface area contributed by atoms with Gasteiger partial charge in [0.15, 0.2) is 0 Å². The lowest BCUT2D eigenvalue weighted by molar-refractivity contribution is 1.31. The molecular formula is C15H15. The van der Waals surface area contributed by atoms with Crippen molar-refractivity contribution in [3.05, 3.63) is 77.2 Å². The summed E-state index contributed by atoms with van der Waals surface area (Å²) in [5.74, 6) is 0. The highest BCUT2D eigenvalue weighted by Gasteiger charge is 2.00. The van der Waals surface area contributed by atoms with Gasteiger partial charge in [0.05, 0.1) is 0 Å². The van der Waals surface area contributed by atoms with Crippen LogP contribution in [0, 0.1) is 20.3 Å². The third-order valence-electron chi connectivity index (χ3n) is 2.55. The fourth-order valence-electron chi connectivity index (χ4n) is 1.72. The minimum absolute atomic E-state index is 1.25. The van der Waals surface area contributed by atoms with Gasteiger partial charge < -0.3 is 0 Å². The fourth-order valence-corrected chi connectivity index (χ4v) is 1.72. The van der Waals surface area contributed by atoms with E-state index in [0.29, 0.717) is 0 Å². The number of rotatable bonds is 2. The second-order valence-electron chi connectivity index (χ2n) is 3.92. The molecule has 0 heterocycles. The summed E-state index contributed by atoms with van der Waals surface area (Å²) in [4.78, 5) is 0. The van der Waals surface area contributed by atoms with Crippen LogP contribution in [0.2, 0.25) is 0 Å². The van der Waals surface area contributed by atoms with E-state index in [1.807, 2.05) is 6.07 Å². The van der Waals surface area contributed by atoms with E-state index < -0.39 is 0 Å². The van der Waals surface area contributed by atoms with Crippen LogP contribution >= 0.6 is 0 Å². The number of hydrogen-bond acceptors (Lipinski definition) is 0. The van der Waals surface area contributed by atoms with Gasteiger partial charge in [0.25, 0.3) is 0 Å². The first kappa shape index (κ1) is 9.97. The molecule has 0 fully saturated rings. The predicted molar refractivity (Wildman–Crippen MR) is 64.9 cm³/mol. The van der Waals surface area contributed by atoms with Gasteiger partial charge >= 0.3 is 0 Å². The van der Waals surface area contributed by atoms with Crippen LogP contribution in [-0.4, -0.2) is 0 Å². The van der Waals surface area contributed by atoms with Crippen LogP contribution in [0.5, 0.6) is 0 Å². The normalized spacial score (nSPS) is 10.3. The Kier molecular flexibility index (Phi) is 2.86. The topological polar surface area (TPSA) is 0 Å². The second-order valence-corrected chi connectivity index (χ2v) is 3.92. The molecule has 1 radical (unpaired) electrons. The first-order valence-electron chi connectivity index (χ1n) is 5.23. The SMILES string of the molecule is Cc1ccc([CH]c2ccccc2)c(C)c1. The minimum Gasteiger partial charge on any atom is -0.0622 e. The smallest absolute Gasteiger partial charge is 0.0201 e. The molecule has 0 amide bonds. The van der Waals surface area contributed by atoms with Crippen molar-refractivity contribution in [1.29, 1.82) is 0 Å². The zero-order valence-corrected chi connectivity index (χ0v) is 9.20. The Morgan fingerprint density at radius 1 is 0.867 bits per heavy atom. The van der Waals surface area contributed by atoms with Gasteiger partial charge in [0.1, 0.15) is 0 Å². The summed E-state index contributed by atoms with van der Waals surface area (Å²) in [5.41, 5.74) is 5.20. The van der Waals surface area contributed by atoms with Gasteiger partial charge in [-0.15, -0.1) is 0 Å². The Morgan fingerprint density at radius 2 is 1.60 bits per heavy atom. The molecule has 0 atom stereocenters. The molecule has 2 rings (SSSR count). The molecule has 0 aliphatic heterocycles. The molecule has 2 aromatic carbocycles. The van der Waals surface area contributed by atoms with Crippen molar-refractivity contribution < 1.29 is 0 Å². The van der Waals surface area contributed by atoms with Crippen LogP contribution in [0.3, 0.4) is 0 Å². The first-order chi connectivity index (χ1) is 7.25. The Morgan fingerprint density at radius 3 is 2.27 bits per heavy atom. The highest BCUT2D eigenvalue weighted by molar-refractivity contribution is 5.42. The minimum atomic E-state index is 1.25. The summed E-state index contributed by atoms with van der Waals surface area (Å²) < 4.78 is 0. The van der Waals surface area contributed by atoms with E-state index >= 15 is 0 Å². The van der Waals surface area contributed by atoms with Crippen molar-refractivity contribution in [2.45, 2.75) is 13.8 Å². The maximum Gasteiger partial charge on any atom is 0.0201 e. The lowest BCUT2D eigenvalue weighted by Gasteiger charge is -2.06. The molecule has 0 aliphatic rings. The maximum atomic E-state index is 2.22. The lowest BCUT2D eigenvalue weighted by Crippen LogP contribution is -1.89. The van der Waals surface area contributed by atoms with Gasteiger partial charge in [-0.3, -0.25) is 0 Å². The molecule has 2 aromatic rings. The Balaban J connectivity index is 2.25. The molecule has 75 valence electrons. The van der Waals surface area contributed by atoms with Crippen LogP contribution in [0.15, 0.2) is 48.5 Å². The lowest BCUT2D eigenvalue weighted by atomic mass is 9.99. The summed E-state index contributed by atoms with van der Waals surface area (Å²) in [6.07, 6.45) is 2.22. The fraction of sp³-hybridized carbons (Fsp3) is 0.133. The molecule has 0 unspecified atom stereocenters. The molecule has 0 nitrogen and oxygen atoms in total. The van der Waals surface area contributed by atoms with Crippen molar-refractivity contribution in [2.24, 2.45) is 0 Å². The molecule has 0 saturated carbocycles. The van der Waals surface area contributed by atoms with Gasteiger partial charge in [0.2, 0.25) is 0 Å². The molecule has 0 aromatic heterocycles. The zero-order valence-electron chi connectivity index (χ0n) is 9.20. The van der Waals surface area contributed by atoms with Crippen molar-refractivity contribution in [3.8, 4) is 0 Å². The van der Waals surface area contributed by atoms with Gasteiger partial charge in [-0.2, -0.15) is 0 Å². The monoisotopic (exact) mass is 195 g/mol. The molecule has 0 heteroatoms. The first-order valence-corrected chi connectivity index (χ1v) is 5.23. The molecule has 0 saturated heterocycles. The predicted octanol–water partition coefficient (Wildman–Crippen LogP) is 3.90. The number of benzene rings is 2. The standard InChI is InChI=1S/C15H15/c1-12-8-9-15(13(2)10-12)11-14-6-4-3-5-7-14/h3-11H,1-2H3. The summed E-state index contributed by atoms with van der Waals surface area (Å²) in [7, 11) is 0. The molecule has 0 N–H and O–H groups in total. The zero-order chi connectivity index (χ0) is 10.7. The quantitative estimate of drug-likeness (QED) is 0.681. The molecule has 15 heavy (non-hydrogen) atoms. The Bertz CT molecular complexity index is 441. The van der Waals surface area contributed by atoms with Crippen molar-refractivity contribution in [2.75, 3.05) is 0 Å². The highest BCUT2D eigenvalue weighted by Crippen LogP contribution is 2.16. The van der Waals surface area contributed by atoms with Crippen LogP contribution in [0.1, 0.15) is 22.3 Å². The van der Waals surface area contributed by atoms with Gasteiger partial charge in [-0.25, -0.2) is 0 Å². The van der Waals surface area contributed by atoms with Crippen LogP contribution < -0.4 is 0 Å². The van der Waals surface area contributed by atoms with E-state index in [1.165, 1.54) is 22.3 Å². The van der Waals surface area contributed by atoms with Crippen molar-refractivity contribution in [3.63, 3.8) is 0 Å². The molecule has 0 aliphatic carbocycles. The average molecular weight is 195 g/mol. The third-order valence-corrected chi connectivity index (χ3v) is 2.55. The van der Waals surface area contributed by atoms with E-state index in [0.717, 1.165) is 0 Å². The van der Waals surface area contributed by atoms with E-state index in [-0.39, 0.29) is 0 Å². The van der Waals surface area contributed by atoms with Gasteiger partial charge in [0, 0.05) is 6.42 Å².